The zero-order valence-corrected chi connectivity index (χ0v) is 16.0. The maximum atomic E-state index is 11.0. The van der Waals surface area contributed by atoms with E-state index in [2.05, 4.69) is 39.4 Å². The van der Waals surface area contributed by atoms with Crippen molar-refractivity contribution in [3.63, 3.8) is 0 Å². The van der Waals surface area contributed by atoms with Gasteiger partial charge >= 0.3 is 5.97 Å². The summed E-state index contributed by atoms with van der Waals surface area (Å²) in [5.41, 5.74) is 2.14. The molecule has 0 unspecified atom stereocenters. The van der Waals surface area contributed by atoms with Gasteiger partial charge < -0.3 is 19.9 Å². The molecule has 0 aromatic carbocycles. The Hall–Kier alpha value is -2.05. The Labute approximate surface area is 150 Å². The molecule has 7 nitrogen and oxygen atoms in total. The van der Waals surface area contributed by atoms with Crippen LogP contribution >= 0.6 is 0 Å². The first-order chi connectivity index (χ1) is 12.2. The van der Waals surface area contributed by atoms with E-state index in [0.29, 0.717) is 13.0 Å². The predicted molar refractivity (Wildman–Crippen MR) is 98.6 cm³/mol. The Bertz CT molecular complexity index is 519. The summed E-state index contributed by atoms with van der Waals surface area (Å²) in [5, 5.41) is 10.8. The highest BCUT2D eigenvalue weighted by Crippen LogP contribution is 2.15. The molecule has 1 rings (SSSR count). The molecule has 1 heterocycles. The van der Waals surface area contributed by atoms with Crippen LogP contribution in [0.1, 0.15) is 63.0 Å². The lowest BCUT2D eigenvalue weighted by Gasteiger charge is -2.12. The highest BCUT2D eigenvalue weighted by molar-refractivity contribution is 5.79. The van der Waals surface area contributed by atoms with E-state index in [1.807, 2.05) is 0 Å². The van der Waals surface area contributed by atoms with Gasteiger partial charge in [-0.25, -0.2) is 0 Å². The van der Waals surface area contributed by atoms with Crippen molar-refractivity contribution < 1.29 is 14.1 Å². The lowest BCUT2D eigenvalue weighted by atomic mass is 10.1. The maximum absolute atomic E-state index is 11.0. The van der Waals surface area contributed by atoms with Gasteiger partial charge in [0.05, 0.1) is 12.8 Å². The molecule has 0 saturated heterocycles. The number of rotatable bonds is 11. The van der Waals surface area contributed by atoms with Gasteiger partial charge in [-0.15, -0.1) is 0 Å². The lowest BCUT2D eigenvalue weighted by molar-refractivity contribution is -0.140. The smallest absolute Gasteiger partial charge is 0.305 e. The molecule has 0 aliphatic rings. The Morgan fingerprint density at radius 2 is 1.92 bits per heavy atom. The lowest BCUT2D eigenvalue weighted by Crippen LogP contribution is -2.37. The Balaban J connectivity index is 2.25. The van der Waals surface area contributed by atoms with Crippen LogP contribution < -0.4 is 10.6 Å². The number of esters is 1. The third-order valence-corrected chi connectivity index (χ3v) is 4.09. The van der Waals surface area contributed by atoms with Crippen LogP contribution in [0.3, 0.4) is 0 Å². The quantitative estimate of drug-likeness (QED) is 0.275. The Morgan fingerprint density at radius 3 is 2.56 bits per heavy atom. The molecule has 142 valence electrons. The van der Waals surface area contributed by atoms with Crippen molar-refractivity contribution in [1.29, 1.82) is 0 Å². The van der Waals surface area contributed by atoms with E-state index in [4.69, 9.17) is 4.52 Å². The van der Waals surface area contributed by atoms with Crippen LogP contribution in [-0.4, -0.2) is 37.8 Å². The van der Waals surface area contributed by atoms with Crippen molar-refractivity contribution in [2.45, 2.75) is 65.3 Å². The van der Waals surface area contributed by atoms with Crippen LogP contribution in [0.2, 0.25) is 0 Å². The fourth-order valence-electron chi connectivity index (χ4n) is 2.59. The Morgan fingerprint density at radius 1 is 1.16 bits per heavy atom. The predicted octanol–water partition coefficient (Wildman–Crippen LogP) is 2.59. The van der Waals surface area contributed by atoms with Crippen LogP contribution in [0.4, 0.5) is 0 Å². The van der Waals surface area contributed by atoms with Crippen LogP contribution in [0.5, 0.6) is 0 Å². The van der Waals surface area contributed by atoms with Crippen molar-refractivity contribution in [1.82, 2.24) is 15.8 Å². The fourth-order valence-corrected chi connectivity index (χ4v) is 2.59. The molecule has 2 N–H and O–H groups in total. The van der Waals surface area contributed by atoms with Gasteiger partial charge in [0.2, 0.25) is 0 Å². The number of hydrogen-bond donors (Lipinski definition) is 2. The first-order valence-corrected chi connectivity index (χ1v) is 9.13. The van der Waals surface area contributed by atoms with Crippen LogP contribution in [0, 0.1) is 0 Å². The minimum atomic E-state index is -0.130. The first-order valence-electron chi connectivity index (χ1n) is 9.13. The number of carbonyl (C=O) groups excluding carboxylic acids is 1. The van der Waals surface area contributed by atoms with Crippen molar-refractivity contribution in [3.05, 3.63) is 17.0 Å². The number of unbranched alkanes of at least 4 members (excludes halogenated alkanes) is 3. The molecule has 0 atom stereocenters. The number of nitrogens with one attached hydrogen (secondary N) is 2. The van der Waals surface area contributed by atoms with E-state index in [-0.39, 0.29) is 5.97 Å². The van der Waals surface area contributed by atoms with Gasteiger partial charge in [-0.05, 0) is 19.3 Å². The molecular weight excluding hydrogens is 320 g/mol. The molecule has 0 bridgehead atoms. The largest absolute Gasteiger partial charge is 0.469 e. The van der Waals surface area contributed by atoms with Crippen LogP contribution in [0.15, 0.2) is 9.52 Å². The molecule has 1 aromatic heterocycles. The molecule has 0 fully saturated rings. The van der Waals surface area contributed by atoms with Crippen molar-refractivity contribution >= 4 is 11.9 Å². The second-order valence-electron chi connectivity index (χ2n) is 5.83. The summed E-state index contributed by atoms with van der Waals surface area (Å²) in [4.78, 5) is 15.3. The van der Waals surface area contributed by atoms with E-state index in [1.165, 1.54) is 7.11 Å². The van der Waals surface area contributed by atoms with Crippen molar-refractivity contribution in [3.8, 4) is 0 Å². The number of carbonyl (C=O) groups is 1. The fraction of sp³-hybridized carbons (Fsp3) is 0.722. The molecule has 0 radical (unpaired) electrons. The summed E-state index contributed by atoms with van der Waals surface area (Å²) in [6.45, 7) is 5.66. The minimum Gasteiger partial charge on any atom is -0.469 e. The number of hydrogen-bond acceptors (Lipinski definition) is 5. The number of nitrogens with zero attached hydrogens (tertiary/aromatic N) is 2. The molecular formula is C18H32N4O3. The van der Waals surface area contributed by atoms with Crippen LogP contribution in [0.25, 0.3) is 0 Å². The summed E-state index contributed by atoms with van der Waals surface area (Å²) in [6, 6.07) is 0. The molecule has 0 aliphatic carbocycles. The second-order valence-corrected chi connectivity index (χ2v) is 5.83. The molecule has 7 heteroatoms. The SMILES string of the molecule is CCc1noc(CC)c1CNC(=NC)NCCCCCCC(=O)OC. The highest BCUT2D eigenvalue weighted by Gasteiger charge is 2.13. The first kappa shape index (κ1) is 21.0. The molecule has 25 heavy (non-hydrogen) atoms. The van der Waals surface area contributed by atoms with Gasteiger partial charge in [-0.2, -0.15) is 0 Å². The van der Waals surface area contributed by atoms with Gasteiger partial charge in [0.25, 0.3) is 0 Å². The zero-order valence-electron chi connectivity index (χ0n) is 16.0. The molecule has 0 spiro atoms. The average molecular weight is 352 g/mol. The Kier molecular flexibility index (Phi) is 10.4. The third-order valence-electron chi connectivity index (χ3n) is 4.09. The molecule has 0 aliphatic heterocycles. The average Bonchev–Trinajstić information content (AvgIpc) is 3.04. The number of aryl methyl sites for hydroxylation is 2. The maximum Gasteiger partial charge on any atom is 0.305 e. The van der Waals surface area contributed by atoms with Crippen LogP contribution in [-0.2, 0) is 28.9 Å². The number of aliphatic imine (C=N–C) groups is 1. The summed E-state index contributed by atoms with van der Waals surface area (Å²) < 4.78 is 10.0. The molecule has 0 amide bonds. The van der Waals surface area contributed by atoms with Gasteiger partial charge in [0.15, 0.2) is 5.96 Å². The molecule has 0 saturated carbocycles. The number of ether oxygens (including phenoxy) is 1. The summed E-state index contributed by atoms with van der Waals surface area (Å²) in [6.07, 6.45) is 6.23. The van der Waals surface area contributed by atoms with E-state index in [9.17, 15) is 4.79 Å². The normalized spacial score (nSPS) is 11.4. The summed E-state index contributed by atoms with van der Waals surface area (Å²) >= 11 is 0. The third kappa shape index (κ3) is 7.58. The highest BCUT2D eigenvalue weighted by atomic mass is 16.5. The van der Waals surface area contributed by atoms with Gasteiger partial charge in [0.1, 0.15) is 5.76 Å². The van der Waals surface area contributed by atoms with Crippen molar-refractivity contribution in [2.75, 3.05) is 20.7 Å². The minimum absolute atomic E-state index is 0.130. The zero-order chi connectivity index (χ0) is 18.5. The molecule has 1 aromatic rings. The van der Waals surface area contributed by atoms with Gasteiger partial charge in [-0.3, -0.25) is 9.79 Å². The van der Waals surface area contributed by atoms with E-state index < -0.39 is 0 Å². The number of aromatic nitrogens is 1. The number of methoxy groups -OCH3 is 1. The van der Waals surface area contributed by atoms with Crippen molar-refractivity contribution in [2.24, 2.45) is 4.99 Å². The summed E-state index contributed by atoms with van der Waals surface area (Å²) in [7, 11) is 3.19. The number of guanidine groups is 1. The van der Waals surface area contributed by atoms with E-state index >= 15 is 0 Å². The van der Waals surface area contributed by atoms with E-state index in [1.54, 1.807) is 7.05 Å². The summed E-state index contributed by atoms with van der Waals surface area (Å²) in [5.74, 6) is 1.58. The van der Waals surface area contributed by atoms with E-state index in [0.717, 1.165) is 68.0 Å². The van der Waals surface area contributed by atoms with Gasteiger partial charge in [-0.1, -0.05) is 31.8 Å². The topological polar surface area (TPSA) is 88.8 Å². The van der Waals surface area contributed by atoms with Gasteiger partial charge in [0, 0.05) is 38.5 Å². The monoisotopic (exact) mass is 352 g/mol. The standard InChI is InChI=1S/C18H32N4O3/c1-5-15-14(16(6-2)25-22-15)13-21-18(19-3)20-12-10-8-7-9-11-17(23)24-4/h5-13H2,1-4H3,(H2,19,20,21). The second kappa shape index (κ2) is 12.3.